The Hall–Kier alpha value is -4.83. The number of anilines is 3. The van der Waals surface area contributed by atoms with E-state index in [4.69, 9.17) is 0 Å². The largest absolute Gasteiger partial charge is 0.309 e. The van der Waals surface area contributed by atoms with E-state index in [9.17, 15) is 0 Å². The van der Waals surface area contributed by atoms with Crippen molar-refractivity contribution in [1.29, 1.82) is 0 Å². The molecule has 0 bridgehead atoms. The highest BCUT2D eigenvalue weighted by Gasteiger charge is 2.36. The van der Waals surface area contributed by atoms with Crippen molar-refractivity contribution in [3.63, 3.8) is 0 Å². The molecule has 6 aromatic rings. The van der Waals surface area contributed by atoms with Crippen molar-refractivity contribution in [2.75, 3.05) is 4.90 Å². The zero-order valence-electron chi connectivity index (χ0n) is 21.3. The summed E-state index contributed by atoms with van der Waals surface area (Å²) < 4.78 is 0. The Morgan fingerprint density at radius 2 is 1.32 bits per heavy atom. The van der Waals surface area contributed by atoms with Crippen LogP contribution in [0.25, 0.3) is 33.2 Å². The van der Waals surface area contributed by atoms with Gasteiger partial charge in [-0.15, -0.1) is 0 Å². The molecule has 3 aromatic heterocycles. The topological polar surface area (TPSA) is 41.9 Å². The number of nitrogens with zero attached hydrogens (tertiary/aromatic N) is 4. The van der Waals surface area contributed by atoms with Gasteiger partial charge in [0.25, 0.3) is 0 Å². The molecule has 38 heavy (non-hydrogen) atoms. The van der Waals surface area contributed by atoms with Gasteiger partial charge >= 0.3 is 0 Å². The standard InChI is InChI=1S/C34H26N4/c1-34(2)31-20-24(9-12-29(31)30-19-25-5-3-16-37-33(25)21-32(30)34)23-7-10-26(11-8-23)38(27-13-17-35-18-14-27)28-6-4-15-36-22-28/h3-22H,1-2H3. The molecule has 182 valence electrons. The molecule has 0 aliphatic heterocycles. The van der Waals surface area contributed by atoms with Gasteiger partial charge in [0.15, 0.2) is 0 Å². The molecule has 0 saturated carbocycles. The van der Waals surface area contributed by atoms with E-state index in [1.807, 2.05) is 49.1 Å². The average Bonchev–Trinajstić information content (AvgIpc) is 3.19. The van der Waals surface area contributed by atoms with Crippen LogP contribution in [0.15, 0.2) is 122 Å². The van der Waals surface area contributed by atoms with E-state index in [2.05, 4.69) is 100 Å². The van der Waals surface area contributed by atoms with E-state index in [1.165, 1.54) is 38.8 Å². The van der Waals surface area contributed by atoms with Crippen molar-refractivity contribution in [2.24, 2.45) is 0 Å². The number of hydrogen-bond acceptors (Lipinski definition) is 4. The Morgan fingerprint density at radius 3 is 2.11 bits per heavy atom. The van der Waals surface area contributed by atoms with Crippen LogP contribution in [0.3, 0.4) is 0 Å². The Bertz CT molecular complexity index is 1740. The number of aromatic nitrogens is 3. The van der Waals surface area contributed by atoms with Gasteiger partial charge in [0, 0.05) is 47.0 Å². The molecular formula is C34H26N4. The van der Waals surface area contributed by atoms with Gasteiger partial charge in [-0.05, 0) is 94.0 Å². The Balaban J connectivity index is 1.28. The second-order valence-electron chi connectivity index (χ2n) is 10.3. The van der Waals surface area contributed by atoms with Crippen molar-refractivity contribution in [1.82, 2.24) is 15.0 Å². The highest BCUT2D eigenvalue weighted by Crippen LogP contribution is 2.50. The molecule has 0 radical (unpaired) electrons. The molecule has 0 N–H and O–H groups in total. The first-order valence-corrected chi connectivity index (χ1v) is 12.8. The second kappa shape index (κ2) is 8.63. The molecule has 1 aliphatic rings. The van der Waals surface area contributed by atoms with Gasteiger partial charge in [0.2, 0.25) is 0 Å². The lowest BCUT2D eigenvalue weighted by atomic mass is 9.81. The van der Waals surface area contributed by atoms with E-state index in [0.29, 0.717) is 0 Å². The molecule has 0 fully saturated rings. The summed E-state index contributed by atoms with van der Waals surface area (Å²) in [6.07, 6.45) is 9.18. The summed E-state index contributed by atoms with van der Waals surface area (Å²) in [6, 6.07) is 32.4. The maximum absolute atomic E-state index is 4.61. The third-order valence-electron chi connectivity index (χ3n) is 7.68. The third kappa shape index (κ3) is 3.57. The Morgan fingerprint density at radius 1 is 0.579 bits per heavy atom. The summed E-state index contributed by atoms with van der Waals surface area (Å²) in [7, 11) is 0. The molecule has 3 aromatic carbocycles. The molecule has 0 atom stereocenters. The summed E-state index contributed by atoms with van der Waals surface area (Å²) in [5.74, 6) is 0. The Labute approximate surface area is 222 Å². The van der Waals surface area contributed by atoms with E-state index in [-0.39, 0.29) is 5.41 Å². The monoisotopic (exact) mass is 490 g/mol. The van der Waals surface area contributed by atoms with Gasteiger partial charge in [0.05, 0.1) is 17.4 Å². The Kier molecular flexibility index (Phi) is 5.08. The van der Waals surface area contributed by atoms with Crippen LogP contribution in [-0.4, -0.2) is 15.0 Å². The normalized spacial score (nSPS) is 13.2. The van der Waals surface area contributed by atoms with Crippen LogP contribution in [0.2, 0.25) is 0 Å². The fourth-order valence-corrected chi connectivity index (χ4v) is 5.71. The molecule has 4 heteroatoms. The summed E-state index contributed by atoms with van der Waals surface area (Å²) in [5, 5.41) is 1.18. The summed E-state index contributed by atoms with van der Waals surface area (Å²) in [5.41, 5.74) is 11.8. The average molecular weight is 491 g/mol. The molecule has 4 nitrogen and oxygen atoms in total. The van der Waals surface area contributed by atoms with Crippen LogP contribution in [-0.2, 0) is 5.41 Å². The van der Waals surface area contributed by atoms with E-state index >= 15 is 0 Å². The van der Waals surface area contributed by atoms with Gasteiger partial charge in [-0.3, -0.25) is 15.0 Å². The number of rotatable bonds is 4. The van der Waals surface area contributed by atoms with Gasteiger partial charge in [0.1, 0.15) is 0 Å². The molecule has 3 heterocycles. The lowest BCUT2D eigenvalue weighted by Crippen LogP contribution is -2.15. The van der Waals surface area contributed by atoms with Crippen molar-refractivity contribution < 1.29 is 0 Å². The van der Waals surface area contributed by atoms with Gasteiger partial charge in [-0.1, -0.05) is 44.2 Å². The lowest BCUT2D eigenvalue weighted by Gasteiger charge is -2.25. The minimum absolute atomic E-state index is 0.0925. The van der Waals surface area contributed by atoms with Gasteiger partial charge in [-0.25, -0.2) is 0 Å². The first-order chi connectivity index (χ1) is 18.6. The van der Waals surface area contributed by atoms with Crippen LogP contribution in [0.5, 0.6) is 0 Å². The summed E-state index contributed by atoms with van der Waals surface area (Å²) >= 11 is 0. The van der Waals surface area contributed by atoms with Gasteiger partial charge < -0.3 is 4.90 Å². The van der Waals surface area contributed by atoms with Crippen LogP contribution in [0, 0.1) is 0 Å². The maximum Gasteiger partial charge on any atom is 0.0705 e. The highest BCUT2D eigenvalue weighted by molar-refractivity contribution is 5.92. The molecular weight excluding hydrogens is 464 g/mol. The van der Waals surface area contributed by atoms with Crippen molar-refractivity contribution in [2.45, 2.75) is 19.3 Å². The minimum atomic E-state index is -0.0925. The van der Waals surface area contributed by atoms with Crippen LogP contribution in [0.1, 0.15) is 25.0 Å². The first-order valence-electron chi connectivity index (χ1n) is 12.8. The van der Waals surface area contributed by atoms with Crippen molar-refractivity contribution in [3.05, 3.63) is 133 Å². The molecule has 1 aliphatic carbocycles. The third-order valence-corrected chi connectivity index (χ3v) is 7.68. The molecule has 0 saturated heterocycles. The highest BCUT2D eigenvalue weighted by atomic mass is 15.1. The fraction of sp³-hybridized carbons (Fsp3) is 0.0882. The number of benzene rings is 3. The number of pyridine rings is 3. The van der Waals surface area contributed by atoms with Crippen LogP contribution >= 0.6 is 0 Å². The SMILES string of the molecule is CC1(C)c2cc(-c3ccc(N(c4ccncc4)c4cccnc4)cc3)ccc2-c2cc3cccnc3cc21. The predicted molar refractivity (Wildman–Crippen MR) is 155 cm³/mol. The molecule has 7 rings (SSSR count). The molecule has 0 spiro atoms. The van der Waals surface area contributed by atoms with Crippen molar-refractivity contribution in [3.8, 4) is 22.3 Å². The zero-order valence-corrected chi connectivity index (χ0v) is 21.3. The number of fused-ring (bicyclic) bond motifs is 4. The minimum Gasteiger partial charge on any atom is -0.309 e. The second-order valence-corrected chi connectivity index (χ2v) is 10.3. The quantitative estimate of drug-likeness (QED) is 0.248. The van der Waals surface area contributed by atoms with Crippen LogP contribution < -0.4 is 4.90 Å². The molecule has 0 amide bonds. The predicted octanol–water partition coefficient (Wildman–Crippen LogP) is 8.47. The summed E-state index contributed by atoms with van der Waals surface area (Å²) in [4.78, 5) is 15.3. The zero-order chi connectivity index (χ0) is 25.7. The first kappa shape index (κ1) is 22.4. The summed E-state index contributed by atoms with van der Waals surface area (Å²) in [6.45, 7) is 4.64. The smallest absolute Gasteiger partial charge is 0.0705 e. The maximum atomic E-state index is 4.61. The fourth-order valence-electron chi connectivity index (χ4n) is 5.71. The number of hydrogen-bond donors (Lipinski definition) is 0. The van der Waals surface area contributed by atoms with Crippen LogP contribution in [0.4, 0.5) is 17.1 Å². The molecule has 0 unspecified atom stereocenters. The van der Waals surface area contributed by atoms with E-state index in [1.54, 1.807) is 6.20 Å². The lowest BCUT2D eigenvalue weighted by molar-refractivity contribution is 0.661. The van der Waals surface area contributed by atoms with Gasteiger partial charge in [-0.2, -0.15) is 0 Å². The van der Waals surface area contributed by atoms with E-state index in [0.717, 1.165) is 22.6 Å². The van der Waals surface area contributed by atoms with E-state index < -0.39 is 0 Å². The van der Waals surface area contributed by atoms with Crippen molar-refractivity contribution >= 4 is 28.0 Å².